The van der Waals surface area contributed by atoms with E-state index in [1.165, 1.54) is 0 Å². The lowest BCUT2D eigenvalue weighted by Gasteiger charge is -2.04. The average Bonchev–Trinajstić information content (AvgIpc) is 2.60. The predicted molar refractivity (Wildman–Crippen MR) is 60.1 cm³/mol. The Kier molecular flexibility index (Phi) is 2.40. The number of nitrogens with zero attached hydrogens (tertiary/aromatic N) is 2. The molecule has 1 aromatic carbocycles. The Labute approximate surface area is 92.9 Å². The van der Waals surface area contributed by atoms with Crippen molar-refractivity contribution in [3.63, 3.8) is 0 Å². The molecule has 0 aliphatic rings. The van der Waals surface area contributed by atoms with E-state index in [2.05, 4.69) is 5.10 Å². The second-order valence-electron chi connectivity index (χ2n) is 3.50. The van der Waals surface area contributed by atoms with E-state index in [-0.39, 0.29) is 5.75 Å². The normalized spacial score (nSPS) is 10.6. The van der Waals surface area contributed by atoms with Gasteiger partial charge in [0.15, 0.2) is 0 Å². The Bertz CT molecular complexity index is 482. The van der Waals surface area contributed by atoms with Crippen LogP contribution in [0.4, 0.5) is 0 Å². The van der Waals surface area contributed by atoms with Crippen LogP contribution in [0.1, 0.15) is 5.56 Å². The van der Waals surface area contributed by atoms with E-state index in [9.17, 15) is 5.11 Å². The Morgan fingerprint density at radius 1 is 1.33 bits per heavy atom. The van der Waals surface area contributed by atoms with Crippen molar-refractivity contribution in [3.05, 3.63) is 35.1 Å². The number of hydrogen-bond acceptors (Lipinski definition) is 2. The van der Waals surface area contributed by atoms with Crippen LogP contribution in [0.25, 0.3) is 11.1 Å². The second-order valence-corrected chi connectivity index (χ2v) is 3.91. The number of benzene rings is 1. The fraction of sp³-hybridized carbons (Fsp3) is 0.182. The van der Waals surface area contributed by atoms with E-state index < -0.39 is 0 Å². The molecule has 1 N–H and O–H groups in total. The Balaban J connectivity index is 2.55. The summed E-state index contributed by atoms with van der Waals surface area (Å²) in [6, 6.07) is 3.52. The summed E-state index contributed by atoms with van der Waals surface area (Å²) in [7, 11) is 1.85. The average molecular weight is 223 g/mol. The van der Waals surface area contributed by atoms with Crippen molar-refractivity contribution in [3.8, 4) is 16.9 Å². The summed E-state index contributed by atoms with van der Waals surface area (Å²) in [6.07, 6.45) is 3.61. The quantitative estimate of drug-likeness (QED) is 0.806. The van der Waals surface area contributed by atoms with Crippen LogP contribution < -0.4 is 0 Å². The highest BCUT2D eigenvalue weighted by atomic mass is 35.5. The predicted octanol–water partition coefficient (Wildman–Crippen LogP) is 2.75. The number of phenols is 1. The maximum absolute atomic E-state index is 9.64. The third-order valence-electron chi connectivity index (χ3n) is 2.36. The minimum atomic E-state index is 0.210. The Hall–Kier alpha value is -1.48. The molecule has 0 saturated carbocycles. The van der Waals surface area contributed by atoms with Crippen LogP contribution in [0.3, 0.4) is 0 Å². The summed E-state index contributed by atoms with van der Waals surface area (Å²) in [5.41, 5.74) is 2.51. The van der Waals surface area contributed by atoms with E-state index in [4.69, 9.17) is 11.6 Å². The number of aryl methyl sites for hydroxylation is 1. The molecule has 1 heterocycles. The molecule has 4 heteroatoms. The van der Waals surface area contributed by atoms with Crippen LogP contribution in [0.5, 0.6) is 5.75 Å². The first-order chi connectivity index (χ1) is 7.08. The lowest BCUT2D eigenvalue weighted by molar-refractivity contribution is 0.471. The van der Waals surface area contributed by atoms with Crippen LogP contribution in [-0.2, 0) is 7.05 Å². The number of aromatic nitrogens is 2. The third-order valence-corrected chi connectivity index (χ3v) is 2.75. The highest BCUT2D eigenvalue weighted by Gasteiger charge is 2.07. The van der Waals surface area contributed by atoms with Gasteiger partial charge in [-0.15, -0.1) is 0 Å². The van der Waals surface area contributed by atoms with Gasteiger partial charge in [-0.05, 0) is 24.6 Å². The van der Waals surface area contributed by atoms with E-state index >= 15 is 0 Å². The van der Waals surface area contributed by atoms with Crippen molar-refractivity contribution in [1.82, 2.24) is 9.78 Å². The summed E-state index contributed by atoms with van der Waals surface area (Å²) < 4.78 is 1.71. The van der Waals surface area contributed by atoms with Gasteiger partial charge in [0.05, 0.1) is 6.20 Å². The van der Waals surface area contributed by atoms with Gasteiger partial charge in [0.1, 0.15) is 5.75 Å². The molecule has 0 fully saturated rings. The standard InChI is InChI=1S/C11H11ClN2O/c1-7-10(12)3-8(4-11(7)15)9-5-13-14(2)6-9/h3-6,15H,1-2H3. The molecule has 3 nitrogen and oxygen atoms in total. The van der Waals surface area contributed by atoms with Crippen LogP contribution in [-0.4, -0.2) is 14.9 Å². The van der Waals surface area contributed by atoms with Gasteiger partial charge in [-0.3, -0.25) is 4.68 Å². The first-order valence-electron chi connectivity index (χ1n) is 4.56. The molecule has 0 spiro atoms. The van der Waals surface area contributed by atoms with Crippen molar-refractivity contribution in [2.75, 3.05) is 0 Å². The molecular formula is C11H11ClN2O. The summed E-state index contributed by atoms with van der Waals surface area (Å²) >= 11 is 5.99. The fourth-order valence-corrected chi connectivity index (χ4v) is 1.62. The molecule has 0 bridgehead atoms. The topological polar surface area (TPSA) is 38.1 Å². The highest BCUT2D eigenvalue weighted by molar-refractivity contribution is 6.31. The summed E-state index contributed by atoms with van der Waals surface area (Å²) in [6.45, 7) is 1.78. The molecule has 2 rings (SSSR count). The van der Waals surface area contributed by atoms with Gasteiger partial charge < -0.3 is 5.11 Å². The van der Waals surface area contributed by atoms with Gasteiger partial charge in [-0.25, -0.2) is 0 Å². The molecule has 0 unspecified atom stereocenters. The zero-order valence-corrected chi connectivity index (χ0v) is 9.28. The molecule has 0 aliphatic carbocycles. The van der Waals surface area contributed by atoms with E-state index in [1.807, 2.05) is 19.3 Å². The van der Waals surface area contributed by atoms with Crippen molar-refractivity contribution in [2.24, 2.45) is 7.05 Å². The van der Waals surface area contributed by atoms with Crippen LogP contribution in [0, 0.1) is 6.92 Å². The van der Waals surface area contributed by atoms with Gasteiger partial charge in [-0.2, -0.15) is 5.10 Å². The second kappa shape index (κ2) is 3.59. The van der Waals surface area contributed by atoms with Gasteiger partial charge >= 0.3 is 0 Å². The van der Waals surface area contributed by atoms with Crippen molar-refractivity contribution < 1.29 is 5.11 Å². The number of aromatic hydroxyl groups is 1. The molecule has 0 amide bonds. The zero-order chi connectivity index (χ0) is 11.0. The van der Waals surface area contributed by atoms with E-state index in [0.717, 1.165) is 11.1 Å². The summed E-state index contributed by atoms with van der Waals surface area (Å²) in [5, 5.41) is 14.3. The fourth-order valence-electron chi connectivity index (χ4n) is 1.40. The highest BCUT2D eigenvalue weighted by Crippen LogP contribution is 2.31. The molecular weight excluding hydrogens is 212 g/mol. The number of halogens is 1. The first kappa shape index (κ1) is 10.1. The molecule has 0 radical (unpaired) electrons. The van der Waals surface area contributed by atoms with Gasteiger partial charge in [0.2, 0.25) is 0 Å². The maximum Gasteiger partial charge on any atom is 0.120 e. The Morgan fingerprint density at radius 3 is 2.60 bits per heavy atom. The molecule has 0 atom stereocenters. The maximum atomic E-state index is 9.64. The van der Waals surface area contributed by atoms with Crippen molar-refractivity contribution in [1.29, 1.82) is 0 Å². The minimum Gasteiger partial charge on any atom is -0.508 e. The van der Waals surface area contributed by atoms with Crippen molar-refractivity contribution >= 4 is 11.6 Å². The molecule has 78 valence electrons. The lowest BCUT2D eigenvalue weighted by atomic mass is 10.1. The van der Waals surface area contributed by atoms with Gasteiger partial charge in [-0.1, -0.05) is 11.6 Å². The van der Waals surface area contributed by atoms with E-state index in [1.54, 1.807) is 23.9 Å². The number of rotatable bonds is 1. The molecule has 0 saturated heterocycles. The molecule has 0 aliphatic heterocycles. The van der Waals surface area contributed by atoms with Crippen LogP contribution >= 0.6 is 11.6 Å². The van der Waals surface area contributed by atoms with Gasteiger partial charge in [0.25, 0.3) is 0 Å². The zero-order valence-electron chi connectivity index (χ0n) is 8.53. The first-order valence-corrected chi connectivity index (χ1v) is 4.94. The number of phenolic OH excluding ortho intramolecular Hbond substituents is 1. The van der Waals surface area contributed by atoms with Crippen LogP contribution in [0.15, 0.2) is 24.5 Å². The van der Waals surface area contributed by atoms with Crippen molar-refractivity contribution in [2.45, 2.75) is 6.92 Å². The molecule has 2 aromatic rings. The largest absolute Gasteiger partial charge is 0.508 e. The SMILES string of the molecule is Cc1c(O)cc(-c2cnn(C)c2)cc1Cl. The lowest BCUT2D eigenvalue weighted by Crippen LogP contribution is -1.84. The van der Waals surface area contributed by atoms with Gasteiger partial charge in [0, 0.05) is 29.4 Å². The minimum absolute atomic E-state index is 0.210. The summed E-state index contributed by atoms with van der Waals surface area (Å²) in [5.74, 6) is 0.210. The molecule has 1 aromatic heterocycles. The monoisotopic (exact) mass is 222 g/mol. The third kappa shape index (κ3) is 1.83. The smallest absolute Gasteiger partial charge is 0.120 e. The Morgan fingerprint density at radius 2 is 2.07 bits per heavy atom. The van der Waals surface area contributed by atoms with E-state index in [0.29, 0.717) is 10.6 Å². The number of hydrogen-bond donors (Lipinski definition) is 1. The van der Waals surface area contributed by atoms with Crippen LogP contribution in [0.2, 0.25) is 5.02 Å². The summed E-state index contributed by atoms with van der Waals surface area (Å²) in [4.78, 5) is 0. The molecule has 15 heavy (non-hydrogen) atoms.